The van der Waals surface area contributed by atoms with E-state index >= 15 is 0 Å². The van der Waals surface area contributed by atoms with Gasteiger partial charge in [0.15, 0.2) is 11.0 Å². The van der Waals surface area contributed by atoms with E-state index in [2.05, 4.69) is 42.7 Å². The van der Waals surface area contributed by atoms with Crippen molar-refractivity contribution < 1.29 is 4.79 Å². The van der Waals surface area contributed by atoms with Crippen molar-refractivity contribution in [3.8, 4) is 11.8 Å². The number of hydrogen-bond donors (Lipinski definition) is 1. The fraction of sp³-hybridized carbons (Fsp3) is 0.227. The SMILES string of the molecule is N#Cc1cnn(-c2ccccc2)c1NC(=O)CSc1nnc(Cc2cccs2)n1C1CC1. The first-order valence-corrected chi connectivity index (χ1v) is 12.0. The molecule has 10 heteroatoms. The highest BCUT2D eigenvalue weighted by Gasteiger charge is 2.30. The molecule has 8 nitrogen and oxygen atoms in total. The van der Waals surface area contributed by atoms with Crippen LogP contribution in [-0.4, -0.2) is 36.2 Å². The molecule has 0 aliphatic heterocycles. The van der Waals surface area contributed by atoms with Gasteiger partial charge in [-0.15, -0.1) is 21.5 Å². The third-order valence-electron chi connectivity index (χ3n) is 5.04. The van der Waals surface area contributed by atoms with Crippen molar-refractivity contribution in [2.24, 2.45) is 0 Å². The minimum Gasteiger partial charge on any atom is -0.309 e. The monoisotopic (exact) mass is 461 g/mol. The van der Waals surface area contributed by atoms with Crippen LogP contribution in [-0.2, 0) is 11.2 Å². The van der Waals surface area contributed by atoms with Crippen molar-refractivity contribution in [3.63, 3.8) is 0 Å². The summed E-state index contributed by atoms with van der Waals surface area (Å²) in [4.78, 5) is 14.0. The van der Waals surface area contributed by atoms with Crippen molar-refractivity contribution in [2.45, 2.75) is 30.5 Å². The number of carbonyl (C=O) groups is 1. The van der Waals surface area contributed by atoms with E-state index in [4.69, 9.17) is 0 Å². The largest absolute Gasteiger partial charge is 0.309 e. The molecule has 160 valence electrons. The lowest BCUT2D eigenvalue weighted by Crippen LogP contribution is -2.18. The molecule has 0 unspecified atom stereocenters. The number of hydrogen-bond acceptors (Lipinski definition) is 7. The second kappa shape index (κ2) is 8.98. The summed E-state index contributed by atoms with van der Waals surface area (Å²) in [6.45, 7) is 0. The minimum atomic E-state index is -0.227. The third kappa shape index (κ3) is 4.30. The van der Waals surface area contributed by atoms with E-state index in [1.807, 2.05) is 36.4 Å². The highest BCUT2D eigenvalue weighted by molar-refractivity contribution is 7.99. The van der Waals surface area contributed by atoms with Crippen molar-refractivity contribution in [3.05, 3.63) is 70.3 Å². The summed E-state index contributed by atoms with van der Waals surface area (Å²) in [6, 6.07) is 16.0. The van der Waals surface area contributed by atoms with Gasteiger partial charge in [-0.3, -0.25) is 4.79 Å². The molecule has 0 bridgehead atoms. The Bertz CT molecular complexity index is 1270. The molecule has 0 atom stereocenters. The lowest BCUT2D eigenvalue weighted by Gasteiger charge is -2.10. The molecule has 1 aromatic carbocycles. The minimum absolute atomic E-state index is 0.161. The van der Waals surface area contributed by atoms with Crippen molar-refractivity contribution in [1.82, 2.24) is 24.5 Å². The molecule has 1 N–H and O–H groups in total. The predicted molar refractivity (Wildman–Crippen MR) is 123 cm³/mol. The maximum atomic E-state index is 12.8. The van der Waals surface area contributed by atoms with Gasteiger partial charge < -0.3 is 9.88 Å². The summed E-state index contributed by atoms with van der Waals surface area (Å²) in [5.41, 5.74) is 1.08. The lowest BCUT2D eigenvalue weighted by molar-refractivity contribution is -0.113. The van der Waals surface area contributed by atoms with E-state index in [9.17, 15) is 10.1 Å². The average molecular weight is 462 g/mol. The fourth-order valence-corrected chi connectivity index (χ4v) is 4.93. The van der Waals surface area contributed by atoms with Gasteiger partial charge in [-0.1, -0.05) is 36.0 Å². The third-order valence-corrected chi connectivity index (χ3v) is 6.86. The standard InChI is InChI=1S/C22H19N7OS2/c23-12-15-13-24-29(17-5-2-1-3-6-17)21(15)25-20(30)14-32-22-27-26-19(28(22)16-8-9-16)11-18-7-4-10-31-18/h1-7,10,13,16H,8-9,11,14H2,(H,25,30). The number of nitrogens with one attached hydrogen (secondary N) is 1. The second-order valence-corrected chi connectivity index (χ2v) is 9.33. The number of thiophene rings is 1. The molecular formula is C22H19N7OS2. The molecule has 5 rings (SSSR count). The molecule has 0 radical (unpaired) electrons. The summed E-state index contributed by atoms with van der Waals surface area (Å²) >= 11 is 3.07. The zero-order valence-electron chi connectivity index (χ0n) is 17.0. The van der Waals surface area contributed by atoms with Gasteiger partial charge in [0.05, 0.1) is 17.6 Å². The number of nitrogens with zero attached hydrogens (tertiary/aromatic N) is 6. The van der Waals surface area contributed by atoms with Crippen LogP contribution in [0.1, 0.15) is 35.1 Å². The van der Waals surface area contributed by atoms with Crippen molar-refractivity contribution >= 4 is 34.8 Å². The normalized spacial score (nSPS) is 13.1. The van der Waals surface area contributed by atoms with Gasteiger partial charge in [0.2, 0.25) is 5.91 Å². The number of anilines is 1. The van der Waals surface area contributed by atoms with E-state index in [-0.39, 0.29) is 11.7 Å². The summed E-state index contributed by atoms with van der Waals surface area (Å²) in [6.07, 6.45) is 4.42. The highest BCUT2D eigenvalue weighted by atomic mass is 32.2. The number of aromatic nitrogens is 5. The molecule has 1 amide bonds. The van der Waals surface area contributed by atoms with Crippen LogP contribution >= 0.6 is 23.1 Å². The maximum absolute atomic E-state index is 12.8. The van der Waals surface area contributed by atoms with E-state index in [1.54, 1.807) is 16.0 Å². The number of nitriles is 1. The first kappa shape index (κ1) is 20.5. The number of carbonyl (C=O) groups excluding carboxylic acids is 1. The van der Waals surface area contributed by atoms with E-state index < -0.39 is 0 Å². The first-order chi connectivity index (χ1) is 15.7. The van der Waals surface area contributed by atoms with Gasteiger partial charge in [0.1, 0.15) is 17.5 Å². The van der Waals surface area contributed by atoms with E-state index in [1.165, 1.54) is 22.8 Å². The number of thioether (sulfide) groups is 1. The number of amides is 1. The molecule has 0 saturated heterocycles. The molecule has 4 aromatic rings. The zero-order valence-corrected chi connectivity index (χ0v) is 18.6. The highest BCUT2D eigenvalue weighted by Crippen LogP contribution is 2.39. The van der Waals surface area contributed by atoms with Crippen LogP contribution in [0.25, 0.3) is 5.69 Å². The average Bonchev–Trinajstić information content (AvgIpc) is 3.20. The van der Waals surface area contributed by atoms with Crippen molar-refractivity contribution in [2.75, 3.05) is 11.1 Å². The summed E-state index contributed by atoms with van der Waals surface area (Å²) in [5, 5.41) is 28.1. The van der Waals surface area contributed by atoms with Gasteiger partial charge in [-0.05, 0) is 36.4 Å². The van der Waals surface area contributed by atoms with Gasteiger partial charge in [0, 0.05) is 17.3 Å². The van der Waals surface area contributed by atoms with Crippen LogP contribution in [0.15, 0.2) is 59.2 Å². The Hall–Kier alpha value is -3.42. The molecular weight excluding hydrogens is 442 g/mol. The van der Waals surface area contributed by atoms with Crippen LogP contribution in [0, 0.1) is 11.3 Å². The van der Waals surface area contributed by atoms with Gasteiger partial charge >= 0.3 is 0 Å². The Morgan fingerprint density at radius 1 is 1.22 bits per heavy atom. The quantitative estimate of drug-likeness (QED) is 0.397. The van der Waals surface area contributed by atoms with Crippen LogP contribution in [0.2, 0.25) is 0 Å². The number of para-hydroxylation sites is 1. The Balaban J connectivity index is 1.30. The van der Waals surface area contributed by atoms with Crippen LogP contribution in [0.3, 0.4) is 0 Å². The smallest absolute Gasteiger partial charge is 0.236 e. The Kier molecular flexibility index (Phi) is 5.75. The van der Waals surface area contributed by atoms with Gasteiger partial charge in [0.25, 0.3) is 0 Å². The summed E-state index contributed by atoms with van der Waals surface area (Å²) in [7, 11) is 0. The maximum Gasteiger partial charge on any atom is 0.236 e. The molecule has 1 saturated carbocycles. The topological polar surface area (TPSA) is 101 Å². The van der Waals surface area contributed by atoms with Crippen LogP contribution in [0.4, 0.5) is 5.82 Å². The molecule has 3 aromatic heterocycles. The molecule has 1 aliphatic rings. The molecule has 3 heterocycles. The Labute approximate surface area is 192 Å². The molecule has 0 spiro atoms. The number of benzene rings is 1. The van der Waals surface area contributed by atoms with Gasteiger partial charge in [-0.2, -0.15) is 10.4 Å². The Morgan fingerprint density at radius 3 is 2.78 bits per heavy atom. The number of rotatable bonds is 8. The first-order valence-electron chi connectivity index (χ1n) is 10.2. The lowest BCUT2D eigenvalue weighted by atomic mass is 10.3. The van der Waals surface area contributed by atoms with Crippen LogP contribution in [0.5, 0.6) is 0 Å². The van der Waals surface area contributed by atoms with E-state index in [0.717, 1.165) is 35.9 Å². The van der Waals surface area contributed by atoms with E-state index in [0.29, 0.717) is 17.4 Å². The second-order valence-electron chi connectivity index (χ2n) is 7.36. The fourth-order valence-electron chi connectivity index (χ4n) is 3.41. The zero-order chi connectivity index (χ0) is 21.9. The molecule has 1 fully saturated rings. The Morgan fingerprint density at radius 2 is 2.06 bits per heavy atom. The molecule has 32 heavy (non-hydrogen) atoms. The molecule has 1 aliphatic carbocycles. The van der Waals surface area contributed by atoms with Crippen molar-refractivity contribution in [1.29, 1.82) is 5.26 Å². The van der Waals surface area contributed by atoms with Crippen LogP contribution < -0.4 is 5.32 Å². The summed E-state index contributed by atoms with van der Waals surface area (Å²) < 4.78 is 3.74. The summed E-state index contributed by atoms with van der Waals surface area (Å²) in [5.74, 6) is 1.24. The van der Waals surface area contributed by atoms with Gasteiger partial charge in [-0.25, -0.2) is 4.68 Å². The predicted octanol–water partition coefficient (Wildman–Crippen LogP) is 4.05.